The molecule has 1 N–H and O–H groups in total. The van der Waals surface area contributed by atoms with E-state index >= 15 is 0 Å². The summed E-state index contributed by atoms with van der Waals surface area (Å²) in [5.74, 6) is 1.58. The zero-order chi connectivity index (χ0) is 13.2. The van der Waals surface area contributed by atoms with Gasteiger partial charge in [-0.1, -0.05) is 12.1 Å². The number of ether oxygens (including phenoxy) is 1. The summed E-state index contributed by atoms with van der Waals surface area (Å²) in [6, 6.07) is 0. The van der Waals surface area contributed by atoms with Gasteiger partial charge in [-0.25, -0.2) is 0 Å². The van der Waals surface area contributed by atoms with Crippen LogP contribution in [0, 0.1) is 5.92 Å². The van der Waals surface area contributed by atoms with Crippen LogP contribution >= 0.6 is 0 Å². The first-order valence-corrected chi connectivity index (χ1v) is 6.73. The Bertz CT molecular complexity index is 381. The Morgan fingerprint density at radius 2 is 2.17 bits per heavy atom. The second-order valence-electron chi connectivity index (χ2n) is 5.24. The average molecular weight is 254 g/mol. The molecule has 0 aliphatic heterocycles. The normalized spacial score (nSPS) is 30.3. The van der Waals surface area contributed by atoms with Gasteiger partial charge in [0, 0.05) is 6.61 Å². The second kappa shape index (κ2) is 5.36. The minimum absolute atomic E-state index is 0.266. The maximum Gasteiger partial charge on any atom is 0.255 e. The fourth-order valence-electron chi connectivity index (χ4n) is 2.53. The molecule has 0 radical (unpaired) electrons. The van der Waals surface area contributed by atoms with Crippen LogP contribution < -0.4 is 0 Å². The number of rotatable bonds is 4. The van der Waals surface area contributed by atoms with E-state index in [1.807, 2.05) is 6.92 Å². The summed E-state index contributed by atoms with van der Waals surface area (Å²) in [6.07, 6.45) is 3.33. The van der Waals surface area contributed by atoms with Crippen LogP contribution in [0.4, 0.5) is 0 Å². The monoisotopic (exact) mass is 254 g/mol. The van der Waals surface area contributed by atoms with E-state index in [0.29, 0.717) is 12.4 Å². The highest BCUT2D eigenvalue weighted by Crippen LogP contribution is 2.41. The number of nitrogens with zero attached hydrogens (tertiary/aromatic N) is 2. The van der Waals surface area contributed by atoms with Crippen LogP contribution in [0.3, 0.4) is 0 Å². The van der Waals surface area contributed by atoms with E-state index in [4.69, 9.17) is 9.26 Å². The van der Waals surface area contributed by atoms with E-state index in [1.165, 1.54) is 0 Å². The van der Waals surface area contributed by atoms with E-state index < -0.39 is 11.7 Å². The van der Waals surface area contributed by atoms with Crippen LogP contribution in [-0.2, 0) is 10.3 Å². The molecule has 1 atom stereocenters. The highest BCUT2D eigenvalue weighted by molar-refractivity contribution is 5.04. The van der Waals surface area contributed by atoms with Crippen LogP contribution in [0.2, 0.25) is 0 Å². The molecule has 0 unspecified atom stereocenters. The summed E-state index contributed by atoms with van der Waals surface area (Å²) in [5, 5.41) is 13.5. The molecule has 0 aromatic carbocycles. The zero-order valence-electron chi connectivity index (χ0n) is 11.3. The van der Waals surface area contributed by atoms with Crippen molar-refractivity contribution < 1.29 is 14.4 Å². The minimum Gasteiger partial charge on any atom is -0.384 e. The first-order chi connectivity index (χ1) is 8.57. The van der Waals surface area contributed by atoms with Crippen molar-refractivity contribution in [3.63, 3.8) is 0 Å². The summed E-state index contributed by atoms with van der Waals surface area (Å²) in [4.78, 5) is 4.30. The standard InChI is InChI=1S/C13H22N2O3/c1-4-17-13(7-5-9(2)6-8-13)12-14-11(10(3)16)18-15-12/h9-10,16H,4-8H2,1-3H3/t9?,10-,13?/m0/s1. The summed E-state index contributed by atoms with van der Waals surface area (Å²) in [6.45, 7) is 6.49. The van der Waals surface area contributed by atoms with Crippen LogP contribution in [0.1, 0.15) is 64.3 Å². The van der Waals surface area contributed by atoms with Crippen LogP contribution in [0.15, 0.2) is 4.52 Å². The first kappa shape index (κ1) is 13.5. The highest BCUT2D eigenvalue weighted by atomic mass is 16.5. The predicted octanol–water partition coefficient (Wildman–Crippen LogP) is 2.56. The van der Waals surface area contributed by atoms with E-state index in [0.717, 1.165) is 31.6 Å². The molecule has 1 aromatic rings. The van der Waals surface area contributed by atoms with E-state index in [2.05, 4.69) is 17.1 Å². The van der Waals surface area contributed by atoms with Crippen LogP contribution in [0.5, 0.6) is 0 Å². The van der Waals surface area contributed by atoms with Crippen molar-refractivity contribution in [3.8, 4) is 0 Å². The van der Waals surface area contributed by atoms with Gasteiger partial charge in [0.25, 0.3) is 5.89 Å². The number of aliphatic hydroxyl groups excluding tert-OH is 1. The summed E-state index contributed by atoms with van der Waals surface area (Å²) >= 11 is 0. The van der Waals surface area contributed by atoms with Gasteiger partial charge >= 0.3 is 0 Å². The first-order valence-electron chi connectivity index (χ1n) is 6.73. The maximum atomic E-state index is 9.45. The van der Waals surface area contributed by atoms with Gasteiger partial charge in [-0.05, 0) is 45.4 Å². The summed E-state index contributed by atoms with van der Waals surface area (Å²) in [5.41, 5.74) is -0.419. The SMILES string of the molecule is CCOC1(c2noc([C@H](C)O)n2)CCC(C)CC1. The second-order valence-corrected chi connectivity index (χ2v) is 5.24. The molecule has 1 aromatic heterocycles. The highest BCUT2D eigenvalue weighted by Gasteiger charge is 2.41. The van der Waals surface area contributed by atoms with E-state index in [-0.39, 0.29) is 5.89 Å². The average Bonchev–Trinajstić information content (AvgIpc) is 2.83. The van der Waals surface area contributed by atoms with Crippen molar-refractivity contribution in [2.24, 2.45) is 5.92 Å². The summed E-state index contributed by atoms with van der Waals surface area (Å²) in [7, 11) is 0. The van der Waals surface area contributed by atoms with Crippen LogP contribution in [0.25, 0.3) is 0 Å². The minimum atomic E-state index is -0.729. The molecule has 0 bridgehead atoms. The molecule has 1 heterocycles. The lowest BCUT2D eigenvalue weighted by atomic mass is 9.79. The molecule has 0 saturated heterocycles. The van der Waals surface area contributed by atoms with Crippen molar-refractivity contribution in [1.82, 2.24) is 10.1 Å². The van der Waals surface area contributed by atoms with Crippen LogP contribution in [-0.4, -0.2) is 21.9 Å². The molecule has 1 fully saturated rings. The number of aromatic nitrogens is 2. The molecular weight excluding hydrogens is 232 g/mol. The fraction of sp³-hybridized carbons (Fsp3) is 0.846. The Morgan fingerprint density at radius 1 is 1.50 bits per heavy atom. The van der Waals surface area contributed by atoms with Gasteiger partial charge in [0.05, 0.1) is 0 Å². The Morgan fingerprint density at radius 3 is 2.67 bits per heavy atom. The van der Waals surface area contributed by atoms with Gasteiger partial charge in [0.1, 0.15) is 11.7 Å². The van der Waals surface area contributed by atoms with Crippen molar-refractivity contribution >= 4 is 0 Å². The third-order valence-electron chi connectivity index (χ3n) is 3.71. The fourth-order valence-corrected chi connectivity index (χ4v) is 2.53. The molecule has 5 heteroatoms. The number of hydrogen-bond donors (Lipinski definition) is 1. The smallest absolute Gasteiger partial charge is 0.255 e. The van der Waals surface area contributed by atoms with Crippen molar-refractivity contribution in [1.29, 1.82) is 0 Å². The van der Waals surface area contributed by atoms with Gasteiger partial charge < -0.3 is 14.4 Å². The van der Waals surface area contributed by atoms with Crippen molar-refractivity contribution in [2.75, 3.05) is 6.61 Å². The molecule has 0 amide bonds. The molecule has 2 rings (SSSR count). The number of aliphatic hydroxyl groups is 1. The lowest BCUT2D eigenvalue weighted by molar-refractivity contribution is -0.0847. The van der Waals surface area contributed by atoms with Gasteiger partial charge in [0.2, 0.25) is 5.82 Å². The van der Waals surface area contributed by atoms with Gasteiger partial charge in [0.15, 0.2) is 0 Å². The Balaban J connectivity index is 2.23. The zero-order valence-corrected chi connectivity index (χ0v) is 11.3. The molecule has 1 aliphatic carbocycles. The third kappa shape index (κ3) is 2.57. The molecule has 1 aliphatic rings. The van der Waals surface area contributed by atoms with Crippen molar-refractivity contribution in [3.05, 3.63) is 11.7 Å². The molecule has 0 spiro atoms. The Kier molecular flexibility index (Phi) is 4.02. The third-order valence-corrected chi connectivity index (χ3v) is 3.71. The predicted molar refractivity (Wildman–Crippen MR) is 65.9 cm³/mol. The lowest BCUT2D eigenvalue weighted by Crippen LogP contribution is -2.35. The molecular formula is C13H22N2O3. The summed E-state index contributed by atoms with van der Waals surface area (Å²) < 4.78 is 11.0. The van der Waals surface area contributed by atoms with Gasteiger partial charge in [-0.3, -0.25) is 0 Å². The van der Waals surface area contributed by atoms with E-state index in [1.54, 1.807) is 6.92 Å². The largest absolute Gasteiger partial charge is 0.384 e. The van der Waals surface area contributed by atoms with Crippen molar-refractivity contribution in [2.45, 2.75) is 58.2 Å². The molecule has 5 nitrogen and oxygen atoms in total. The maximum absolute atomic E-state index is 9.45. The Labute approximate surface area is 108 Å². The Hall–Kier alpha value is -0.940. The van der Waals surface area contributed by atoms with Gasteiger partial charge in [-0.2, -0.15) is 4.98 Å². The molecule has 1 saturated carbocycles. The molecule has 18 heavy (non-hydrogen) atoms. The quantitative estimate of drug-likeness (QED) is 0.894. The molecule has 102 valence electrons. The number of hydrogen-bond acceptors (Lipinski definition) is 5. The van der Waals surface area contributed by atoms with E-state index in [9.17, 15) is 5.11 Å². The topological polar surface area (TPSA) is 68.4 Å². The lowest BCUT2D eigenvalue weighted by Gasteiger charge is -2.36. The van der Waals surface area contributed by atoms with Gasteiger partial charge in [-0.15, -0.1) is 0 Å².